The van der Waals surface area contributed by atoms with Crippen molar-refractivity contribution in [1.29, 1.82) is 0 Å². The maximum Gasteiger partial charge on any atom is 0.0590 e. The second kappa shape index (κ2) is 6.58. The van der Waals surface area contributed by atoms with Crippen LogP contribution in [0.2, 0.25) is 0 Å². The SMILES string of the molecule is CCCC(CC)(CN)N(CCOC)C1CC1. The predicted molar refractivity (Wildman–Crippen MR) is 68.6 cm³/mol. The normalized spacial score (nSPS) is 20.1. The minimum atomic E-state index is 0.217. The first-order chi connectivity index (χ1) is 7.74. The van der Waals surface area contributed by atoms with Crippen molar-refractivity contribution in [2.24, 2.45) is 5.73 Å². The summed E-state index contributed by atoms with van der Waals surface area (Å²) in [6.07, 6.45) is 6.25. The summed E-state index contributed by atoms with van der Waals surface area (Å²) in [4.78, 5) is 2.62. The van der Waals surface area contributed by atoms with Crippen LogP contribution >= 0.6 is 0 Å². The molecule has 1 saturated carbocycles. The molecule has 16 heavy (non-hydrogen) atoms. The summed E-state index contributed by atoms with van der Waals surface area (Å²) in [7, 11) is 1.78. The highest BCUT2D eigenvalue weighted by molar-refractivity contribution is 4.98. The van der Waals surface area contributed by atoms with E-state index in [0.717, 1.165) is 32.2 Å². The number of hydrogen-bond acceptors (Lipinski definition) is 3. The molecule has 0 amide bonds. The first-order valence-corrected chi connectivity index (χ1v) is 6.69. The highest BCUT2D eigenvalue weighted by Gasteiger charge is 2.41. The van der Waals surface area contributed by atoms with E-state index >= 15 is 0 Å². The van der Waals surface area contributed by atoms with Gasteiger partial charge in [0.2, 0.25) is 0 Å². The molecule has 3 nitrogen and oxygen atoms in total. The predicted octanol–water partition coefficient (Wildman–Crippen LogP) is 2.00. The molecular weight excluding hydrogens is 200 g/mol. The highest BCUT2D eigenvalue weighted by Crippen LogP contribution is 2.36. The molecule has 1 aliphatic carbocycles. The Morgan fingerprint density at radius 1 is 1.38 bits per heavy atom. The minimum absolute atomic E-state index is 0.217. The molecule has 1 aliphatic rings. The number of methoxy groups -OCH3 is 1. The van der Waals surface area contributed by atoms with Crippen LogP contribution in [-0.2, 0) is 4.74 Å². The molecule has 3 heteroatoms. The van der Waals surface area contributed by atoms with Crippen molar-refractivity contribution in [2.45, 2.75) is 57.5 Å². The third-order valence-electron chi connectivity index (χ3n) is 3.89. The van der Waals surface area contributed by atoms with Gasteiger partial charge in [0.05, 0.1) is 6.61 Å². The molecule has 0 saturated heterocycles. The highest BCUT2D eigenvalue weighted by atomic mass is 16.5. The lowest BCUT2D eigenvalue weighted by molar-refractivity contribution is 0.0427. The largest absolute Gasteiger partial charge is 0.383 e. The maximum absolute atomic E-state index is 6.06. The van der Waals surface area contributed by atoms with Gasteiger partial charge in [0.15, 0.2) is 0 Å². The maximum atomic E-state index is 6.06. The molecule has 0 bridgehead atoms. The van der Waals surface area contributed by atoms with Crippen LogP contribution in [0.25, 0.3) is 0 Å². The Balaban J connectivity index is 2.68. The van der Waals surface area contributed by atoms with Crippen molar-refractivity contribution in [3.63, 3.8) is 0 Å². The Morgan fingerprint density at radius 2 is 2.06 bits per heavy atom. The zero-order valence-corrected chi connectivity index (χ0v) is 11.2. The van der Waals surface area contributed by atoms with E-state index in [1.54, 1.807) is 7.11 Å². The van der Waals surface area contributed by atoms with Crippen molar-refractivity contribution in [3.05, 3.63) is 0 Å². The van der Waals surface area contributed by atoms with Gasteiger partial charge in [-0.2, -0.15) is 0 Å². The molecule has 1 fully saturated rings. The fourth-order valence-corrected chi connectivity index (χ4v) is 2.74. The quantitative estimate of drug-likeness (QED) is 0.656. The second-order valence-electron chi connectivity index (χ2n) is 4.95. The average molecular weight is 228 g/mol. The van der Waals surface area contributed by atoms with Gasteiger partial charge in [-0.25, -0.2) is 0 Å². The molecule has 0 aromatic carbocycles. The first-order valence-electron chi connectivity index (χ1n) is 6.69. The van der Waals surface area contributed by atoms with Gasteiger partial charge in [-0.1, -0.05) is 20.3 Å². The van der Waals surface area contributed by atoms with Crippen molar-refractivity contribution in [2.75, 3.05) is 26.8 Å². The molecule has 0 aromatic rings. The van der Waals surface area contributed by atoms with Crippen LogP contribution in [0.5, 0.6) is 0 Å². The van der Waals surface area contributed by atoms with Crippen molar-refractivity contribution < 1.29 is 4.74 Å². The Morgan fingerprint density at radius 3 is 2.44 bits per heavy atom. The van der Waals surface area contributed by atoms with E-state index in [-0.39, 0.29) is 5.54 Å². The van der Waals surface area contributed by atoms with Crippen LogP contribution in [0.1, 0.15) is 46.0 Å². The molecule has 1 atom stereocenters. The molecule has 2 N–H and O–H groups in total. The molecule has 96 valence electrons. The lowest BCUT2D eigenvalue weighted by Gasteiger charge is -2.43. The fraction of sp³-hybridized carbons (Fsp3) is 1.00. The topological polar surface area (TPSA) is 38.5 Å². The van der Waals surface area contributed by atoms with Gasteiger partial charge in [0.1, 0.15) is 0 Å². The summed E-state index contributed by atoms with van der Waals surface area (Å²) in [5.41, 5.74) is 6.28. The van der Waals surface area contributed by atoms with E-state index in [4.69, 9.17) is 10.5 Å². The van der Waals surface area contributed by atoms with Crippen LogP contribution < -0.4 is 5.73 Å². The Hall–Kier alpha value is -0.120. The average Bonchev–Trinajstić information content (AvgIpc) is 3.12. The molecule has 0 spiro atoms. The van der Waals surface area contributed by atoms with Crippen LogP contribution in [0, 0.1) is 0 Å². The Labute approximate surface area is 100 Å². The van der Waals surface area contributed by atoms with E-state index < -0.39 is 0 Å². The van der Waals surface area contributed by atoms with Gasteiger partial charge >= 0.3 is 0 Å². The van der Waals surface area contributed by atoms with Crippen molar-refractivity contribution >= 4 is 0 Å². The molecular formula is C13H28N2O. The van der Waals surface area contributed by atoms with Crippen LogP contribution in [0.3, 0.4) is 0 Å². The number of rotatable bonds is 9. The summed E-state index contributed by atoms with van der Waals surface area (Å²) >= 11 is 0. The minimum Gasteiger partial charge on any atom is -0.383 e. The fourth-order valence-electron chi connectivity index (χ4n) is 2.74. The standard InChI is InChI=1S/C13H28N2O/c1-4-8-13(5-2,11-14)15(9-10-16-3)12-6-7-12/h12H,4-11,14H2,1-3H3. The second-order valence-corrected chi connectivity index (χ2v) is 4.95. The van der Waals surface area contributed by atoms with E-state index in [1.807, 2.05) is 0 Å². The van der Waals surface area contributed by atoms with Gasteiger partial charge < -0.3 is 10.5 Å². The van der Waals surface area contributed by atoms with Gasteiger partial charge in [-0.3, -0.25) is 4.90 Å². The van der Waals surface area contributed by atoms with Crippen LogP contribution in [0.15, 0.2) is 0 Å². The molecule has 0 aliphatic heterocycles. The molecule has 1 unspecified atom stereocenters. The van der Waals surface area contributed by atoms with E-state index in [1.165, 1.54) is 25.7 Å². The lowest BCUT2D eigenvalue weighted by Crippen LogP contribution is -2.55. The van der Waals surface area contributed by atoms with Gasteiger partial charge in [0.25, 0.3) is 0 Å². The summed E-state index contributed by atoms with van der Waals surface area (Å²) in [6.45, 7) is 7.15. The molecule has 1 rings (SSSR count). The van der Waals surface area contributed by atoms with Gasteiger partial charge in [-0.15, -0.1) is 0 Å². The number of hydrogen-bond donors (Lipinski definition) is 1. The van der Waals surface area contributed by atoms with E-state index in [0.29, 0.717) is 0 Å². The van der Waals surface area contributed by atoms with Gasteiger partial charge in [0, 0.05) is 31.8 Å². The Kier molecular flexibility index (Phi) is 5.73. The zero-order chi connectivity index (χ0) is 12.0. The number of ether oxygens (including phenoxy) is 1. The van der Waals surface area contributed by atoms with E-state index in [2.05, 4.69) is 18.7 Å². The Bertz CT molecular complexity index is 188. The van der Waals surface area contributed by atoms with Crippen molar-refractivity contribution in [3.8, 4) is 0 Å². The monoisotopic (exact) mass is 228 g/mol. The summed E-state index contributed by atoms with van der Waals surface area (Å²) in [5, 5.41) is 0. The third kappa shape index (κ3) is 3.19. The summed E-state index contributed by atoms with van der Waals surface area (Å²) in [6, 6.07) is 0.769. The third-order valence-corrected chi connectivity index (χ3v) is 3.89. The van der Waals surface area contributed by atoms with Crippen LogP contribution in [0.4, 0.5) is 0 Å². The molecule has 0 heterocycles. The summed E-state index contributed by atoms with van der Waals surface area (Å²) in [5.74, 6) is 0. The summed E-state index contributed by atoms with van der Waals surface area (Å²) < 4.78 is 5.23. The molecule has 0 radical (unpaired) electrons. The van der Waals surface area contributed by atoms with Crippen LogP contribution in [-0.4, -0.2) is 43.3 Å². The zero-order valence-electron chi connectivity index (χ0n) is 11.2. The van der Waals surface area contributed by atoms with Crippen molar-refractivity contribution in [1.82, 2.24) is 4.90 Å². The first kappa shape index (κ1) is 13.9. The number of nitrogens with two attached hydrogens (primary N) is 1. The number of nitrogens with zero attached hydrogens (tertiary/aromatic N) is 1. The van der Waals surface area contributed by atoms with Gasteiger partial charge in [-0.05, 0) is 25.7 Å². The smallest absolute Gasteiger partial charge is 0.0590 e. The van der Waals surface area contributed by atoms with E-state index in [9.17, 15) is 0 Å². The lowest BCUT2D eigenvalue weighted by atomic mass is 9.88. The molecule has 0 aromatic heterocycles.